The Labute approximate surface area is 92.5 Å². The molecule has 0 atom stereocenters. The third-order valence-electron chi connectivity index (χ3n) is 1.75. The van der Waals surface area contributed by atoms with Crippen LogP contribution in [0.1, 0.15) is 10.4 Å². The van der Waals surface area contributed by atoms with Gasteiger partial charge in [0, 0.05) is 13.2 Å². The van der Waals surface area contributed by atoms with Crippen LogP contribution in [0.2, 0.25) is 5.02 Å². The van der Waals surface area contributed by atoms with Crippen LogP contribution in [0.15, 0.2) is 12.3 Å². The van der Waals surface area contributed by atoms with Crippen LogP contribution in [-0.2, 0) is 0 Å². The van der Waals surface area contributed by atoms with E-state index < -0.39 is 5.97 Å². The zero-order chi connectivity index (χ0) is 11.4. The molecule has 1 aromatic rings. The standard InChI is InChI=1S/C10H9ClN2O2/c1-3-4-13(2)9-8(10(14)15)5-7(11)6-12-9/h1,5-6H,4H2,2H3,(H,14,15). The van der Waals surface area contributed by atoms with E-state index >= 15 is 0 Å². The van der Waals surface area contributed by atoms with Gasteiger partial charge in [0.1, 0.15) is 11.4 Å². The Hall–Kier alpha value is -1.73. The predicted octanol–water partition coefficient (Wildman–Crippen LogP) is 1.50. The monoisotopic (exact) mass is 224 g/mol. The van der Waals surface area contributed by atoms with Crippen molar-refractivity contribution in [3.05, 3.63) is 22.8 Å². The van der Waals surface area contributed by atoms with Crippen LogP contribution in [0.5, 0.6) is 0 Å². The lowest BCUT2D eigenvalue weighted by Crippen LogP contribution is -2.21. The van der Waals surface area contributed by atoms with Crippen molar-refractivity contribution in [3.8, 4) is 12.3 Å². The van der Waals surface area contributed by atoms with E-state index in [1.807, 2.05) is 0 Å². The van der Waals surface area contributed by atoms with Crippen LogP contribution in [0.4, 0.5) is 5.82 Å². The Bertz CT molecular complexity index is 426. The molecule has 0 fully saturated rings. The first-order valence-electron chi connectivity index (χ1n) is 4.09. The van der Waals surface area contributed by atoms with E-state index in [1.165, 1.54) is 12.3 Å². The van der Waals surface area contributed by atoms with Crippen LogP contribution in [0, 0.1) is 12.3 Å². The SMILES string of the molecule is C#CCN(C)c1ncc(Cl)cc1C(=O)O. The maximum atomic E-state index is 10.9. The fourth-order valence-electron chi connectivity index (χ4n) is 1.11. The van der Waals surface area contributed by atoms with Crippen molar-refractivity contribution in [1.82, 2.24) is 4.98 Å². The first-order chi connectivity index (χ1) is 7.06. The fraction of sp³-hybridized carbons (Fsp3) is 0.200. The minimum Gasteiger partial charge on any atom is -0.478 e. The normalized spacial score (nSPS) is 9.40. The number of terminal acetylenes is 1. The first-order valence-corrected chi connectivity index (χ1v) is 4.47. The van der Waals surface area contributed by atoms with E-state index in [4.69, 9.17) is 23.1 Å². The minimum absolute atomic E-state index is 0.0419. The first kappa shape index (κ1) is 11.3. The van der Waals surface area contributed by atoms with Crippen molar-refractivity contribution in [2.45, 2.75) is 0 Å². The molecule has 1 heterocycles. The molecule has 4 nitrogen and oxygen atoms in total. The Morgan fingerprint density at radius 2 is 2.47 bits per heavy atom. The molecule has 0 aliphatic heterocycles. The van der Waals surface area contributed by atoms with Crippen LogP contribution in [0.25, 0.3) is 0 Å². The molecule has 0 saturated carbocycles. The van der Waals surface area contributed by atoms with Gasteiger partial charge in [-0.1, -0.05) is 17.5 Å². The van der Waals surface area contributed by atoms with Crippen molar-refractivity contribution in [2.75, 3.05) is 18.5 Å². The van der Waals surface area contributed by atoms with Gasteiger partial charge in [0.15, 0.2) is 0 Å². The number of nitrogens with zero attached hydrogens (tertiary/aromatic N) is 2. The van der Waals surface area contributed by atoms with Gasteiger partial charge in [-0.2, -0.15) is 0 Å². The van der Waals surface area contributed by atoms with E-state index in [2.05, 4.69) is 10.9 Å². The number of halogens is 1. The van der Waals surface area contributed by atoms with Gasteiger partial charge in [0.05, 0.1) is 11.6 Å². The lowest BCUT2D eigenvalue weighted by Gasteiger charge is -2.16. The quantitative estimate of drug-likeness (QED) is 0.791. The molecule has 5 heteroatoms. The molecule has 78 valence electrons. The summed E-state index contributed by atoms with van der Waals surface area (Å²) in [4.78, 5) is 16.4. The zero-order valence-corrected chi connectivity index (χ0v) is 8.82. The number of carboxylic acids is 1. The molecular weight excluding hydrogens is 216 g/mol. The Morgan fingerprint density at radius 1 is 1.80 bits per heavy atom. The summed E-state index contributed by atoms with van der Waals surface area (Å²) in [7, 11) is 1.67. The Balaban J connectivity index is 3.17. The number of carbonyl (C=O) groups is 1. The molecule has 1 rings (SSSR count). The van der Waals surface area contributed by atoms with Crippen LogP contribution < -0.4 is 4.90 Å². The molecule has 0 bridgehead atoms. The topological polar surface area (TPSA) is 53.4 Å². The average molecular weight is 225 g/mol. The second-order valence-electron chi connectivity index (χ2n) is 2.89. The molecule has 0 amide bonds. The minimum atomic E-state index is -1.08. The van der Waals surface area contributed by atoms with Gasteiger partial charge in [-0.15, -0.1) is 6.42 Å². The molecule has 0 unspecified atom stereocenters. The molecule has 15 heavy (non-hydrogen) atoms. The highest BCUT2D eigenvalue weighted by Gasteiger charge is 2.14. The lowest BCUT2D eigenvalue weighted by molar-refractivity contribution is 0.0697. The number of carboxylic acid groups (broad SMARTS) is 1. The van der Waals surface area contributed by atoms with Gasteiger partial charge in [0.25, 0.3) is 0 Å². The van der Waals surface area contributed by atoms with Gasteiger partial charge in [-0.05, 0) is 6.07 Å². The second-order valence-corrected chi connectivity index (χ2v) is 3.33. The average Bonchev–Trinajstić information content (AvgIpc) is 2.17. The molecular formula is C10H9ClN2O2. The zero-order valence-electron chi connectivity index (χ0n) is 8.07. The van der Waals surface area contributed by atoms with Crippen molar-refractivity contribution < 1.29 is 9.90 Å². The largest absolute Gasteiger partial charge is 0.478 e. The van der Waals surface area contributed by atoms with E-state index in [0.29, 0.717) is 5.82 Å². The summed E-state index contributed by atoms with van der Waals surface area (Å²) in [5.41, 5.74) is 0.0419. The molecule has 0 aliphatic carbocycles. The molecule has 0 radical (unpaired) electrons. The summed E-state index contributed by atoms with van der Waals surface area (Å²) in [6, 6.07) is 1.35. The van der Waals surface area contributed by atoms with Crippen LogP contribution in [-0.4, -0.2) is 29.7 Å². The molecule has 0 aromatic carbocycles. The number of anilines is 1. The third-order valence-corrected chi connectivity index (χ3v) is 1.96. The molecule has 1 aromatic heterocycles. The summed E-state index contributed by atoms with van der Waals surface area (Å²) < 4.78 is 0. The Kier molecular flexibility index (Phi) is 3.53. The number of pyridine rings is 1. The maximum absolute atomic E-state index is 10.9. The van der Waals surface area contributed by atoms with Crippen molar-refractivity contribution in [3.63, 3.8) is 0 Å². The summed E-state index contributed by atoms with van der Waals surface area (Å²) in [6.45, 7) is 0.287. The van der Waals surface area contributed by atoms with Gasteiger partial charge in [0.2, 0.25) is 0 Å². The highest BCUT2D eigenvalue weighted by molar-refractivity contribution is 6.30. The van der Waals surface area contributed by atoms with Crippen LogP contribution in [0.3, 0.4) is 0 Å². The molecule has 1 N–H and O–H groups in total. The smallest absolute Gasteiger partial charge is 0.339 e. The summed E-state index contributed by atoms with van der Waals surface area (Å²) in [5.74, 6) is 1.64. The molecule has 0 saturated heterocycles. The third kappa shape index (κ3) is 2.61. The highest BCUT2D eigenvalue weighted by Crippen LogP contribution is 2.20. The lowest BCUT2D eigenvalue weighted by atomic mass is 10.2. The summed E-state index contributed by atoms with van der Waals surface area (Å²) in [6.07, 6.45) is 6.52. The summed E-state index contributed by atoms with van der Waals surface area (Å²) in [5, 5.41) is 9.21. The maximum Gasteiger partial charge on any atom is 0.339 e. The van der Waals surface area contributed by atoms with E-state index in [0.717, 1.165) is 0 Å². The van der Waals surface area contributed by atoms with Crippen molar-refractivity contribution in [2.24, 2.45) is 0 Å². The molecule has 0 aliphatic rings. The van der Waals surface area contributed by atoms with E-state index in [-0.39, 0.29) is 17.1 Å². The van der Waals surface area contributed by atoms with Crippen molar-refractivity contribution in [1.29, 1.82) is 0 Å². The van der Waals surface area contributed by atoms with Gasteiger partial charge in [-0.25, -0.2) is 9.78 Å². The van der Waals surface area contributed by atoms with Crippen molar-refractivity contribution >= 4 is 23.4 Å². The van der Waals surface area contributed by atoms with Gasteiger partial charge in [-0.3, -0.25) is 0 Å². The fourth-order valence-corrected chi connectivity index (χ4v) is 1.26. The number of aromatic nitrogens is 1. The van der Waals surface area contributed by atoms with Gasteiger partial charge < -0.3 is 10.0 Å². The molecule has 0 spiro atoms. The van der Waals surface area contributed by atoms with Gasteiger partial charge >= 0.3 is 5.97 Å². The Morgan fingerprint density at radius 3 is 3.00 bits per heavy atom. The van der Waals surface area contributed by atoms with E-state index in [9.17, 15) is 4.79 Å². The number of rotatable bonds is 3. The highest BCUT2D eigenvalue weighted by atomic mass is 35.5. The summed E-state index contributed by atoms with van der Waals surface area (Å²) >= 11 is 5.66. The van der Waals surface area contributed by atoms with E-state index in [1.54, 1.807) is 11.9 Å². The predicted molar refractivity (Wildman–Crippen MR) is 58.3 cm³/mol. The number of hydrogen-bond acceptors (Lipinski definition) is 3. The van der Waals surface area contributed by atoms with Crippen LogP contribution >= 0.6 is 11.6 Å². The second kappa shape index (κ2) is 4.67. The number of aromatic carboxylic acids is 1. The number of hydrogen-bond donors (Lipinski definition) is 1.